The SMILES string of the molecule is Nc1cnc2ccccc2c1NCc1cc(Br)ccc1F. The van der Waals surface area contributed by atoms with Crippen LogP contribution in [-0.4, -0.2) is 4.98 Å². The molecule has 0 saturated carbocycles. The van der Waals surface area contributed by atoms with Gasteiger partial charge in [0.25, 0.3) is 0 Å². The van der Waals surface area contributed by atoms with E-state index in [1.165, 1.54) is 6.07 Å². The highest BCUT2D eigenvalue weighted by Crippen LogP contribution is 2.28. The van der Waals surface area contributed by atoms with Gasteiger partial charge in [-0.2, -0.15) is 0 Å². The summed E-state index contributed by atoms with van der Waals surface area (Å²) in [5, 5.41) is 4.14. The maximum Gasteiger partial charge on any atom is 0.128 e. The molecule has 3 N–H and O–H groups in total. The minimum Gasteiger partial charge on any atom is -0.396 e. The molecule has 1 aromatic heterocycles. The lowest BCUT2D eigenvalue weighted by Gasteiger charge is -2.13. The molecule has 3 aromatic rings. The van der Waals surface area contributed by atoms with Gasteiger partial charge in [-0.05, 0) is 24.3 Å². The number of fused-ring (bicyclic) bond motifs is 1. The maximum absolute atomic E-state index is 13.8. The highest BCUT2D eigenvalue weighted by atomic mass is 79.9. The number of anilines is 2. The Kier molecular flexibility index (Phi) is 3.75. The maximum atomic E-state index is 13.8. The molecule has 0 aliphatic carbocycles. The average Bonchev–Trinajstić information content (AvgIpc) is 2.49. The molecule has 5 heteroatoms. The fraction of sp³-hybridized carbons (Fsp3) is 0.0625. The first-order valence-electron chi connectivity index (χ1n) is 6.46. The summed E-state index contributed by atoms with van der Waals surface area (Å²) in [6, 6.07) is 12.6. The van der Waals surface area contributed by atoms with Crippen molar-refractivity contribution in [3.8, 4) is 0 Å². The van der Waals surface area contributed by atoms with Crippen LogP contribution in [0, 0.1) is 5.82 Å². The van der Waals surface area contributed by atoms with Crippen molar-refractivity contribution in [2.45, 2.75) is 6.54 Å². The molecular formula is C16H13BrFN3. The number of hydrogen-bond acceptors (Lipinski definition) is 3. The van der Waals surface area contributed by atoms with E-state index < -0.39 is 0 Å². The van der Waals surface area contributed by atoms with Gasteiger partial charge in [0, 0.05) is 22.0 Å². The summed E-state index contributed by atoms with van der Waals surface area (Å²) >= 11 is 3.35. The Balaban J connectivity index is 1.95. The first-order valence-corrected chi connectivity index (χ1v) is 7.25. The summed E-state index contributed by atoms with van der Waals surface area (Å²) in [6.45, 7) is 0.351. The lowest BCUT2D eigenvalue weighted by Crippen LogP contribution is -2.05. The second-order valence-corrected chi connectivity index (χ2v) is 5.61. The molecule has 0 spiro atoms. The molecule has 1 heterocycles. The summed E-state index contributed by atoms with van der Waals surface area (Å²) in [4.78, 5) is 4.28. The van der Waals surface area contributed by atoms with Crippen molar-refractivity contribution in [2.75, 3.05) is 11.1 Å². The quantitative estimate of drug-likeness (QED) is 0.742. The molecule has 106 valence electrons. The van der Waals surface area contributed by atoms with Gasteiger partial charge in [0.15, 0.2) is 0 Å². The van der Waals surface area contributed by atoms with Crippen molar-refractivity contribution in [2.24, 2.45) is 0 Å². The molecule has 0 aliphatic rings. The third-order valence-corrected chi connectivity index (χ3v) is 3.76. The van der Waals surface area contributed by atoms with Crippen LogP contribution in [0.4, 0.5) is 15.8 Å². The van der Waals surface area contributed by atoms with Crippen molar-refractivity contribution >= 4 is 38.2 Å². The highest BCUT2D eigenvalue weighted by Gasteiger charge is 2.08. The van der Waals surface area contributed by atoms with E-state index in [-0.39, 0.29) is 5.82 Å². The van der Waals surface area contributed by atoms with Gasteiger partial charge in [-0.3, -0.25) is 4.98 Å². The van der Waals surface area contributed by atoms with Crippen LogP contribution in [0.15, 0.2) is 53.1 Å². The standard InChI is InChI=1S/C16H13BrFN3/c17-11-5-6-13(18)10(7-11)8-21-16-12-3-1-2-4-15(12)20-9-14(16)19/h1-7,9H,8,19H2,(H,20,21). The number of benzene rings is 2. The van der Waals surface area contributed by atoms with Gasteiger partial charge in [0.05, 0.1) is 23.1 Å². The number of hydrogen-bond donors (Lipinski definition) is 2. The van der Waals surface area contributed by atoms with Crippen LogP contribution in [0.5, 0.6) is 0 Å². The number of nitrogen functional groups attached to an aromatic ring is 1. The molecule has 21 heavy (non-hydrogen) atoms. The van der Waals surface area contributed by atoms with Gasteiger partial charge in [-0.25, -0.2) is 4.39 Å². The van der Waals surface area contributed by atoms with E-state index in [1.54, 1.807) is 18.3 Å². The van der Waals surface area contributed by atoms with E-state index in [9.17, 15) is 4.39 Å². The van der Waals surface area contributed by atoms with Gasteiger partial charge in [0.2, 0.25) is 0 Å². The molecular weight excluding hydrogens is 333 g/mol. The van der Waals surface area contributed by atoms with Gasteiger partial charge >= 0.3 is 0 Å². The summed E-state index contributed by atoms with van der Waals surface area (Å²) in [5.74, 6) is -0.248. The molecule has 0 radical (unpaired) electrons. The zero-order chi connectivity index (χ0) is 14.8. The third kappa shape index (κ3) is 2.83. The monoisotopic (exact) mass is 345 g/mol. The molecule has 0 bridgehead atoms. The van der Waals surface area contributed by atoms with Crippen LogP contribution in [0.25, 0.3) is 10.9 Å². The summed E-state index contributed by atoms with van der Waals surface area (Å²) in [7, 11) is 0. The van der Waals surface area contributed by atoms with Gasteiger partial charge < -0.3 is 11.1 Å². The van der Waals surface area contributed by atoms with Crippen LogP contribution in [0.2, 0.25) is 0 Å². The number of nitrogens with one attached hydrogen (secondary N) is 1. The van der Waals surface area contributed by atoms with E-state index in [1.807, 2.05) is 24.3 Å². The van der Waals surface area contributed by atoms with E-state index >= 15 is 0 Å². The van der Waals surface area contributed by atoms with E-state index in [0.29, 0.717) is 17.8 Å². The summed E-state index contributed by atoms with van der Waals surface area (Å²) < 4.78 is 14.6. The summed E-state index contributed by atoms with van der Waals surface area (Å²) in [6.07, 6.45) is 1.61. The predicted octanol–water partition coefficient (Wildman–Crippen LogP) is 4.33. The molecule has 0 unspecified atom stereocenters. The number of halogens is 2. The molecule has 0 fully saturated rings. The van der Waals surface area contributed by atoms with E-state index in [2.05, 4.69) is 26.2 Å². The van der Waals surface area contributed by atoms with Crippen molar-refractivity contribution in [1.82, 2.24) is 4.98 Å². The normalized spacial score (nSPS) is 10.8. The highest BCUT2D eigenvalue weighted by molar-refractivity contribution is 9.10. The first-order chi connectivity index (χ1) is 10.1. The third-order valence-electron chi connectivity index (χ3n) is 3.27. The zero-order valence-corrected chi connectivity index (χ0v) is 12.7. The molecule has 0 aliphatic heterocycles. The molecule has 3 nitrogen and oxygen atoms in total. The Morgan fingerprint density at radius 3 is 2.86 bits per heavy atom. The van der Waals surface area contributed by atoms with Crippen LogP contribution < -0.4 is 11.1 Å². The van der Waals surface area contributed by atoms with Crippen LogP contribution >= 0.6 is 15.9 Å². The number of para-hydroxylation sites is 1. The molecule has 2 aromatic carbocycles. The lowest BCUT2D eigenvalue weighted by atomic mass is 10.1. The zero-order valence-electron chi connectivity index (χ0n) is 11.1. The minimum absolute atomic E-state index is 0.248. The van der Waals surface area contributed by atoms with Crippen molar-refractivity contribution in [3.63, 3.8) is 0 Å². The van der Waals surface area contributed by atoms with Crippen molar-refractivity contribution in [1.29, 1.82) is 0 Å². The largest absolute Gasteiger partial charge is 0.396 e. The number of nitrogens with two attached hydrogens (primary N) is 1. The second-order valence-electron chi connectivity index (χ2n) is 4.69. The first kappa shape index (κ1) is 13.8. The van der Waals surface area contributed by atoms with Gasteiger partial charge in [-0.1, -0.05) is 34.1 Å². The Bertz CT molecular complexity index is 805. The Morgan fingerprint density at radius 1 is 1.19 bits per heavy atom. The smallest absolute Gasteiger partial charge is 0.128 e. The number of nitrogens with zero attached hydrogens (tertiary/aromatic N) is 1. The summed E-state index contributed by atoms with van der Waals surface area (Å²) in [5.41, 5.74) is 8.74. The Labute approximate surface area is 130 Å². The van der Waals surface area contributed by atoms with Crippen molar-refractivity contribution in [3.05, 3.63) is 64.5 Å². The van der Waals surface area contributed by atoms with Gasteiger partial charge in [0.1, 0.15) is 5.82 Å². The van der Waals surface area contributed by atoms with Gasteiger partial charge in [-0.15, -0.1) is 0 Å². The van der Waals surface area contributed by atoms with Crippen LogP contribution in [0.3, 0.4) is 0 Å². The van der Waals surface area contributed by atoms with Crippen molar-refractivity contribution < 1.29 is 4.39 Å². The number of pyridine rings is 1. The Hall–Kier alpha value is -2.14. The molecule has 3 rings (SSSR count). The topological polar surface area (TPSA) is 50.9 Å². The van der Waals surface area contributed by atoms with Crippen LogP contribution in [-0.2, 0) is 6.54 Å². The number of rotatable bonds is 3. The minimum atomic E-state index is -0.248. The fourth-order valence-electron chi connectivity index (χ4n) is 2.22. The Morgan fingerprint density at radius 2 is 2.00 bits per heavy atom. The number of aromatic nitrogens is 1. The van der Waals surface area contributed by atoms with E-state index in [0.717, 1.165) is 21.1 Å². The van der Waals surface area contributed by atoms with E-state index in [4.69, 9.17) is 5.73 Å². The molecule has 0 amide bonds. The van der Waals surface area contributed by atoms with Crippen LogP contribution in [0.1, 0.15) is 5.56 Å². The lowest BCUT2D eigenvalue weighted by molar-refractivity contribution is 0.612. The average molecular weight is 346 g/mol. The second kappa shape index (κ2) is 5.69. The predicted molar refractivity (Wildman–Crippen MR) is 87.6 cm³/mol. The molecule has 0 saturated heterocycles. The fourth-order valence-corrected chi connectivity index (χ4v) is 2.62. The molecule has 0 atom stereocenters.